The maximum Gasteiger partial charge on any atom is 0.159 e. The highest BCUT2D eigenvalue weighted by molar-refractivity contribution is 7.10. The van der Waals surface area contributed by atoms with Crippen LogP contribution in [-0.4, -0.2) is 6.04 Å². The van der Waals surface area contributed by atoms with E-state index in [-0.39, 0.29) is 6.04 Å². The quantitative estimate of drug-likeness (QED) is 0.909. The van der Waals surface area contributed by atoms with Gasteiger partial charge in [0.25, 0.3) is 0 Å². The van der Waals surface area contributed by atoms with E-state index in [1.165, 1.54) is 22.6 Å². The van der Waals surface area contributed by atoms with Gasteiger partial charge in [0.2, 0.25) is 0 Å². The molecule has 1 aliphatic carbocycles. The Morgan fingerprint density at radius 2 is 2.10 bits per heavy atom. The Bertz CT molecular complexity index is 608. The maximum absolute atomic E-state index is 13.2. The fraction of sp³-hybridized carbons (Fsp3) is 0.375. The first-order valence-electron chi connectivity index (χ1n) is 6.91. The van der Waals surface area contributed by atoms with E-state index in [0.29, 0.717) is 12.3 Å². The topological polar surface area (TPSA) is 26.0 Å². The van der Waals surface area contributed by atoms with Gasteiger partial charge in [-0.25, -0.2) is 8.78 Å². The zero-order chi connectivity index (χ0) is 14.1. The van der Waals surface area contributed by atoms with Crippen LogP contribution in [0.2, 0.25) is 0 Å². The number of hydrogen-bond acceptors (Lipinski definition) is 2. The molecule has 1 heterocycles. The highest BCUT2D eigenvalue weighted by Crippen LogP contribution is 2.37. The van der Waals surface area contributed by atoms with E-state index >= 15 is 0 Å². The Hall–Kier alpha value is -1.26. The first kappa shape index (κ1) is 13.7. The monoisotopic (exact) mass is 293 g/mol. The summed E-state index contributed by atoms with van der Waals surface area (Å²) in [6.45, 7) is 0. The molecule has 0 fully saturated rings. The van der Waals surface area contributed by atoms with E-state index in [4.69, 9.17) is 5.73 Å². The van der Waals surface area contributed by atoms with Crippen molar-refractivity contribution in [3.63, 3.8) is 0 Å². The molecule has 2 unspecified atom stereocenters. The summed E-state index contributed by atoms with van der Waals surface area (Å²) in [5.41, 5.74) is 8.45. The van der Waals surface area contributed by atoms with Crippen LogP contribution in [0, 0.1) is 11.6 Å². The Morgan fingerprint density at radius 1 is 1.25 bits per heavy atom. The number of fused-ring (bicyclic) bond motifs is 1. The van der Waals surface area contributed by atoms with Crippen LogP contribution in [-0.2, 0) is 12.8 Å². The van der Waals surface area contributed by atoms with Gasteiger partial charge >= 0.3 is 0 Å². The van der Waals surface area contributed by atoms with Gasteiger partial charge in [0, 0.05) is 16.8 Å². The van der Waals surface area contributed by atoms with Gasteiger partial charge in [0.05, 0.1) is 0 Å². The van der Waals surface area contributed by atoms with Gasteiger partial charge in [0.15, 0.2) is 11.6 Å². The van der Waals surface area contributed by atoms with Crippen molar-refractivity contribution in [2.24, 2.45) is 5.73 Å². The molecule has 1 nitrogen and oxygen atoms in total. The third-order valence-corrected chi connectivity index (χ3v) is 5.07. The minimum absolute atomic E-state index is 0.0477. The fourth-order valence-electron chi connectivity index (χ4n) is 3.05. The van der Waals surface area contributed by atoms with Gasteiger partial charge < -0.3 is 5.73 Å². The molecule has 0 aliphatic heterocycles. The molecule has 4 heteroatoms. The highest BCUT2D eigenvalue weighted by Gasteiger charge is 2.26. The van der Waals surface area contributed by atoms with Gasteiger partial charge in [-0.3, -0.25) is 0 Å². The lowest BCUT2D eigenvalue weighted by molar-refractivity contribution is 0.461. The summed E-state index contributed by atoms with van der Waals surface area (Å²) in [4.78, 5) is 1.43. The molecule has 2 atom stereocenters. The van der Waals surface area contributed by atoms with Crippen molar-refractivity contribution in [1.29, 1.82) is 0 Å². The highest BCUT2D eigenvalue weighted by atomic mass is 32.1. The van der Waals surface area contributed by atoms with Crippen LogP contribution >= 0.6 is 11.3 Å². The Labute approximate surface area is 121 Å². The standard InChI is InChI=1S/C16H17F2NS/c17-13-5-4-10(8-14(13)18)9-15(19)11-2-1-3-16-12(11)6-7-20-16/h4-8,11,15H,1-3,9,19H2. The van der Waals surface area contributed by atoms with E-state index in [1.54, 1.807) is 17.4 Å². The molecule has 2 aromatic rings. The molecule has 1 aromatic carbocycles. The molecule has 0 saturated heterocycles. The summed E-state index contributed by atoms with van der Waals surface area (Å²) < 4.78 is 26.2. The lowest BCUT2D eigenvalue weighted by atomic mass is 9.81. The molecule has 2 N–H and O–H groups in total. The van der Waals surface area contributed by atoms with Crippen LogP contribution in [0.15, 0.2) is 29.6 Å². The second kappa shape index (κ2) is 5.62. The zero-order valence-corrected chi connectivity index (χ0v) is 11.9. The Morgan fingerprint density at radius 3 is 2.90 bits per heavy atom. The second-order valence-electron chi connectivity index (χ2n) is 5.41. The molecule has 0 bridgehead atoms. The summed E-state index contributed by atoms with van der Waals surface area (Å²) in [5.74, 6) is -1.27. The van der Waals surface area contributed by atoms with Gasteiger partial charge in [-0.2, -0.15) is 0 Å². The average molecular weight is 293 g/mol. The molecule has 0 saturated carbocycles. The molecule has 0 amide bonds. The van der Waals surface area contributed by atoms with Crippen LogP contribution < -0.4 is 5.73 Å². The van der Waals surface area contributed by atoms with E-state index in [9.17, 15) is 8.78 Å². The zero-order valence-electron chi connectivity index (χ0n) is 11.1. The van der Waals surface area contributed by atoms with Crippen molar-refractivity contribution in [3.05, 3.63) is 57.3 Å². The molecular weight excluding hydrogens is 276 g/mol. The van der Waals surface area contributed by atoms with Crippen LogP contribution in [0.1, 0.15) is 34.8 Å². The van der Waals surface area contributed by atoms with Crippen LogP contribution in [0.4, 0.5) is 8.78 Å². The van der Waals surface area contributed by atoms with Gasteiger partial charge in [-0.1, -0.05) is 6.07 Å². The second-order valence-corrected chi connectivity index (χ2v) is 6.41. The van der Waals surface area contributed by atoms with Gasteiger partial charge in [-0.05, 0) is 60.4 Å². The molecule has 0 spiro atoms. The number of benzene rings is 1. The predicted molar refractivity (Wildman–Crippen MR) is 78.0 cm³/mol. The summed E-state index contributed by atoms with van der Waals surface area (Å²) >= 11 is 1.79. The summed E-state index contributed by atoms with van der Waals surface area (Å²) in [5, 5.41) is 2.12. The molecule has 20 heavy (non-hydrogen) atoms. The number of thiophene rings is 1. The lowest BCUT2D eigenvalue weighted by Crippen LogP contribution is -2.32. The summed E-state index contributed by atoms with van der Waals surface area (Å²) in [6.07, 6.45) is 3.96. The number of aryl methyl sites for hydroxylation is 1. The first-order valence-corrected chi connectivity index (χ1v) is 7.79. The average Bonchev–Trinajstić information content (AvgIpc) is 2.91. The van der Waals surface area contributed by atoms with Gasteiger partial charge in [0.1, 0.15) is 0 Å². The number of nitrogens with two attached hydrogens (primary N) is 1. The predicted octanol–water partition coefficient (Wildman–Crippen LogP) is 4.02. The minimum atomic E-state index is -0.805. The van der Waals surface area contributed by atoms with Gasteiger partial charge in [-0.15, -0.1) is 11.3 Å². The van der Waals surface area contributed by atoms with Crippen LogP contribution in [0.3, 0.4) is 0 Å². The normalized spacial score (nSPS) is 19.6. The maximum atomic E-state index is 13.2. The van der Waals surface area contributed by atoms with E-state index < -0.39 is 11.6 Å². The van der Waals surface area contributed by atoms with E-state index in [2.05, 4.69) is 11.4 Å². The van der Waals surface area contributed by atoms with E-state index in [1.807, 2.05) is 0 Å². The fourth-order valence-corrected chi connectivity index (χ4v) is 4.04. The molecule has 3 rings (SSSR count). The largest absolute Gasteiger partial charge is 0.327 e. The molecular formula is C16H17F2NS. The molecule has 106 valence electrons. The van der Waals surface area contributed by atoms with Crippen molar-refractivity contribution in [2.45, 2.75) is 37.6 Å². The van der Waals surface area contributed by atoms with Crippen LogP contribution in [0.5, 0.6) is 0 Å². The van der Waals surface area contributed by atoms with E-state index in [0.717, 1.165) is 24.8 Å². The molecule has 1 aliphatic rings. The lowest BCUT2D eigenvalue weighted by Gasteiger charge is -2.28. The van der Waals surface area contributed by atoms with Crippen molar-refractivity contribution < 1.29 is 8.78 Å². The number of halogens is 2. The summed E-state index contributed by atoms with van der Waals surface area (Å²) in [6, 6.07) is 6.17. The SMILES string of the molecule is NC(Cc1ccc(F)c(F)c1)C1CCCc2sccc21. The number of hydrogen-bond donors (Lipinski definition) is 1. The Balaban J connectivity index is 1.77. The van der Waals surface area contributed by atoms with Crippen molar-refractivity contribution in [2.75, 3.05) is 0 Å². The minimum Gasteiger partial charge on any atom is -0.327 e. The smallest absolute Gasteiger partial charge is 0.159 e. The van der Waals surface area contributed by atoms with Crippen molar-refractivity contribution in [1.82, 2.24) is 0 Å². The molecule has 1 aromatic heterocycles. The first-order chi connectivity index (χ1) is 9.65. The Kier molecular flexibility index (Phi) is 3.85. The third kappa shape index (κ3) is 2.63. The third-order valence-electron chi connectivity index (χ3n) is 4.07. The molecule has 0 radical (unpaired) electrons. The number of rotatable bonds is 3. The summed E-state index contributed by atoms with van der Waals surface area (Å²) in [7, 11) is 0. The van der Waals surface area contributed by atoms with Crippen molar-refractivity contribution in [3.8, 4) is 0 Å². The van der Waals surface area contributed by atoms with Crippen LogP contribution in [0.25, 0.3) is 0 Å². The van der Waals surface area contributed by atoms with Crippen molar-refractivity contribution >= 4 is 11.3 Å².